The van der Waals surface area contributed by atoms with Crippen LogP contribution in [0.25, 0.3) is 0 Å². The molecule has 0 saturated heterocycles. The Labute approximate surface area is 93.0 Å². The quantitative estimate of drug-likeness (QED) is 0.747. The van der Waals surface area contributed by atoms with E-state index in [1.165, 1.54) is 0 Å². The van der Waals surface area contributed by atoms with E-state index in [1.807, 2.05) is 0 Å². The molecule has 1 aromatic rings. The molecule has 0 heterocycles. The molecule has 0 saturated carbocycles. The van der Waals surface area contributed by atoms with Gasteiger partial charge in [-0.1, -0.05) is 23.7 Å². The molecule has 82 valence electrons. The van der Waals surface area contributed by atoms with Crippen molar-refractivity contribution in [2.24, 2.45) is 0 Å². The van der Waals surface area contributed by atoms with E-state index in [1.54, 1.807) is 26.0 Å². The van der Waals surface area contributed by atoms with Crippen molar-refractivity contribution in [3.05, 3.63) is 34.1 Å². The maximum Gasteiger partial charge on any atom is 0.310 e. The Balaban J connectivity index is 2.87. The number of rotatable bonds is 3. The molecule has 4 heteroatoms. The fraction of sp³-hybridized carbons (Fsp3) is 0.364. The van der Waals surface area contributed by atoms with Gasteiger partial charge in [-0.2, -0.15) is 0 Å². The molecule has 0 aromatic heterocycles. The molecule has 0 aliphatic heterocycles. The second-order valence-corrected chi connectivity index (χ2v) is 3.53. The maximum absolute atomic E-state index is 13.3. The largest absolute Gasteiger partial charge is 0.466 e. The highest BCUT2D eigenvalue weighted by Gasteiger charge is 2.12. The number of aryl methyl sites for hydroxylation is 1. The molecular weight excluding hydrogens is 219 g/mol. The third kappa shape index (κ3) is 2.93. The molecule has 0 fully saturated rings. The monoisotopic (exact) mass is 230 g/mol. The van der Waals surface area contributed by atoms with Crippen LogP contribution < -0.4 is 0 Å². The van der Waals surface area contributed by atoms with Crippen LogP contribution in [-0.4, -0.2) is 12.6 Å². The summed E-state index contributed by atoms with van der Waals surface area (Å²) in [5.41, 5.74) is 0.922. The first-order chi connectivity index (χ1) is 7.06. The van der Waals surface area contributed by atoms with Crippen LogP contribution >= 0.6 is 11.6 Å². The van der Waals surface area contributed by atoms with Gasteiger partial charge in [0.25, 0.3) is 0 Å². The van der Waals surface area contributed by atoms with E-state index < -0.39 is 11.8 Å². The summed E-state index contributed by atoms with van der Waals surface area (Å²) >= 11 is 5.76. The third-order valence-corrected chi connectivity index (χ3v) is 2.40. The first kappa shape index (κ1) is 12.0. The Bertz CT molecular complexity index is 377. The second kappa shape index (κ2) is 5.12. The summed E-state index contributed by atoms with van der Waals surface area (Å²) in [6, 6.07) is 3.23. The molecule has 0 bridgehead atoms. The lowest BCUT2D eigenvalue weighted by Gasteiger charge is -2.06. The summed E-state index contributed by atoms with van der Waals surface area (Å²) in [4.78, 5) is 11.2. The molecule has 0 aliphatic rings. The minimum Gasteiger partial charge on any atom is -0.466 e. The van der Waals surface area contributed by atoms with E-state index >= 15 is 0 Å². The molecule has 0 spiro atoms. The van der Waals surface area contributed by atoms with Crippen LogP contribution in [0.15, 0.2) is 12.1 Å². The van der Waals surface area contributed by atoms with Gasteiger partial charge in [-0.05, 0) is 25.0 Å². The minimum absolute atomic E-state index is 0.00283. The van der Waals surface area contributed by atoms with Crippen molar-refractivity contribution in [1.82, 2.24) is 0 Å². The first-order valence-corrected chi connectivity index (χ1v) is 5.03. The lowest BCUT2D eigenvalue weighted by atomic mass is 10.1. The van der Waals surface area contributed by atoms with Gasteiger partial charge in [0, 0.05) is 0 Å². The van der Waals surface area contributed by atoms with Gasteiger partial charge < -0.3 is 4.74 Å². The minimum atomic E-state index is -0.474. The van der Waals surface area contributed by atoms with E-state index in [2.05, 4.69) is 0 Å². The summed E-state index contributed by atoms with van der Waals surface area (Å²) < 4.78 is 18.1. The van der Waals surface area contributed by atoms with Crippen LogP contribution in [0.3, 0.4) is 0 Å². The number of halogens is 2. The topological polar surface area (TPSA) is 26.3 Å². The summed E-state index contributed by atoms with van der Waals surface area (Å²) in [6.45, 7) is 3.65. The van der Waals surface area contributed by atoms with Gasteiger partial charge >= 0.3 is 5.97 Å². The average Bonchev–Trinajstić information content (AvgIpc) is 2.20. The van der Waals surface area contributed by atoms with E-state index in [9.17, 15) is 9.18 Å². The molecule has 0 atom stereocenters. The lowest BCUT2D eigenvalue weighted by Crippen LogP contribution is -2.08. The Kier molecular flexibility index (Phi) is 4.09. The molecule has 1 rings (SSSR count). The van der Waals surface area contributed by atoms with Crippen LogP contribution in [0.5, 0.6) is 0 Å². The molecule has 0 N–H and O–H groups in total. The van der Waals surface area contributed by atoms with Crippen molar-refractivity contribution in [1.29, 1.82) is 0 Å². The molecule has 0 radical (unpaired) electrons. The third-order valence-electron chi connectivity index (χ3n) is 2.00. The fourth-order valence-corrected chi connectivity index (χ4v) is 1.47. The number of benzene rings is 1. The predicted octanol–water partition coefficient (Wildman–Crippen LogP) is 2.89. The van der Waals surface area contributed by atoms with Crippen LogP contribution in [-0.2, 0) is 16.0 Å². The zero-order chi connectivity index (χ0) is 11.4. The highest BCUT2D eigenvalue weighted by molar-refractivity contribution is 6.31. The van der Waals surface area contributed by atoms with E-state index in [4.69, 9.17) is 16.3 Å². The molecule has 2 nitrogen and oxygen atoms in total. The zero-order valence-electron chi connectivity index (χ0n) is 8.64. The SMILES string of the molecule is CCOC(=O)Cc1ccc(C)c(F)c1Cl. The van der Waals surface area contributed by atoms with E-state index in [0.29, 0.717) is 17.7 Å². The number of hydrogen-bond donors (Lipinski definition) is 0. The smallest absolute Gasteiger partial charge is 0.310 e. The van der Waals surface area contributed by atoms with Crippen molar-refractivity contribution < 1.29 is 13.9 Å². The predicted molar refractivity (Wildman–Crippen MR) is 56.5 cm³/mol. The lowest BCUT2D eigenvalue weighted by molar-refractivity contribution is -0.142. The standard InChI is InChI=1S/C11H12ClFO2/c1-3-15-9(14)6-8-5-4-7(2)11(13)10(8)12/h4-5H,3,6H2,1-2H3. The molecular formula is C11H12ClFO2. The van der Waals surface area contributed by atoms with Gasteiger partial charge in [0.15, 0.2) is 0 Å². The highest BCUT2D eigenvalue weighted by Crippen LogP contribution is 2.23. The number of carbonyl (C=O) groups excluding carboxylic acids is 1. The van der Waals surface area contributed by atoms with Crippen LogP contribution in [0.1, 0.15) is 18.1 Å². The Morgan fingerprint density at radius 1 is 1.53 bits per heavy atom. The molecule has 1 aromatic carbocycles. The normalized spacial score (nSPS) is 10.1. The maximum atomic E-state index is 13.3. The first-order valence-electron chi connectivity index (χ1n) is 4.65. The number of carbonyl (C=O) groups is 1. The fourth-order valence-electron chi connectivity index (χ4n) is 1.19. The Hall–Kier alpha value is -1.09. The van der Waals surface area contributed by atoms with E-state index in [-0.39, 0.29) is 11.4 Å². The van der Waals surface area contributed by atoms with Gasteiger partial charge in [-0.25, -0.2) is 4.39 Å². The van der Waals surface area contributed by atoms with Gasteiger partial charge in [-0.15, -0.1) is 0 Å². The van der Waals surface area contributed by atoms with Crippen molar-refractivity contribution in [2.45, 2.75) is 20.3 Å². The summed E-state index contributed by atoms with van der Waals surface area (Å²) in [5.74, 6) is -0.874. The van der Waals surface area contributed by atoms with E-state index in [0.717, 1.165) is 0 Å². The number of ether oxygens (including phenoxy) is 1. The Morgan fingerprint density at radius 3 is 2.80 bits per heavy atom. The zero-order valence-corrected chi connectivity index (χ0v) is 9.40. The van der Waals surface area contributed by atoms with Crippen LogP contribution in [0.4, 0.5) is 4.39 Å². The summed E-state index contributed by atoms with van der Waals surface area (Å²) in [6.07, 6.45) is 0.00384. The summed E-state index contributed by atoms with van der Waals surface area (Å²) in [7, 11) is 0. The highest BCUT2D eigenvalue weighted by atomic mass is 35.5. The molecule has 0 amide bonds. The van der Waals surface area contributed by atoms with Gasteiger partial charge in [-0.3, -0.25) is 4.79 Å². The van der Waals surface area contributed by atoms with Crippen molar-refractivity contribution in [2.75, 3.05) is 6.61 Å². The van der Waals surface area contributed by atoms with Crippen LogP contribution in [0, 0.1) is 12.7 Å². The molecule has 15 heavy (non-hydrogen) atoms. The number of esters is 1. The van der Waals surface area contributed by atoms with Crippen LogP contribution in [0.2, 0.25) is 5.02 Å². The van der Waals surface area contributed by atoms with Gasteiger partial charge in [0.1, 0.15) is 5.82 Å². The van der Waals surface area contributed by atoms with Gasteiger partial charge in [0.2, 0.25) is 0 Å². The van der Waals surface area contributed by atoms with Crippen molar-refractivity contribution in [3.63, 3.8) is 0 Å². The summed E-state index contributed by atoms with van der Waals surface area (Å²) in [5, 5.41) is 0.00283. The van der Waals surface area contributed by atoms with Gasteiger partial charge in [0.05, 0.1) is 18.1 Å². The molecule has 0 aliphatic carbocycles. The van der Waals surface area contributed by atoms with Crippen molar-refractivity contribution in [3.8, 4) is 0 Å². The molecule has 0 unspecified atom stereocenters. The number of hydrogen-bond acceptors (Lipinski definition) is 2. The second-order valence-electron chi connectivity index (χ2n) is 3.15. The Morgan fingerprint density at radius 2 is 2.20 bits per heavy atom. The average molecular weight is 231 g/mol. The van der Waals surface area contributed by atoms with Crippen molar-refractivity contribution >= 4 is 17.6 Å².